The number of aromatic amines is 1. The van der Waals surface area contributed by atoms with Crippen LogP contribution in [-0.4, -0.2) is 26.0 Å². The number of nitrogens with two attached hydrogens (primary N) is 1. The zero-order valence-corrected chi connectivity index (χ0v) is 12.2. The van der Waals surface area contributed by atoms with Gasteiger partial charge in [-0.1, -0.05) is 5.16 Å². The summed E-state index contributed by atoms with van der Waals surface area (Å²) in [5, 5.41) is 3.62. The third kappa shape index (κ3) is 3.51. The smallest absolute Gasteiger partial charge is 0.369 e. The average Bonchev–Trinajstić information content (AvgIpc) is 2.59. The number of benzene rings is 1. The molecular weight excluding hydrogens is 286 g/mol. The first-order valence-electron chi connectivity index (χ1n) is 6.39. The summed E-state index contributed by atoms with van der Waals surface area (Å²) in [5.74, 6) is 0.263. The van der Waals surface area contributed by atoms with Crippen molar-refractivity contribution < 1.29 is 24.1 Å². The van der Waals surface area contributed by atoms with Crippen LogP contribution < -0.4 is 20.2 Å². The van der Waals surface area contributed by atoms with Crippen molar-refractivity contribution in [3.05, 3.63) is 53.9 Å². The fourth-order valence-electron chi connectivity index (χ4n) is 1.71. The predicted molar refractivity (Wildman–Crippen MR) is 78.7 cm³/mol. The normalized spacial score (nSPS) is 10.9. The molecule has 0 bridgehead atoms. The second kappa shape index (κ2) is 7.07. The van der Waals surface area contributed by atoms with E-state index in [1.807, 2.05) is 0 Å². The topological polar surface area (TPSA) is 97.3 Å². The average molecular weight is 302 g/mol. The number of H-pyrrole nitrogens is 1. The molecule has 1 aromatic heterocycles. The largest absolute Gasteiger partial charge is 0.497 e. The van der Waals surface area contributed by atoms with E-state index in [0.29, 0.717) is 17.2 Å². The van der Waals surface area contributed by atoms with Crippen LogP contribution in [0.4, 0.5) is 0 Å². The predicted octanol–water partition coefficient (Wildman–Crippen LogP) is 0.995. The number of hydrogen-bond donors (Lipinski definition) is 1. The number of amidine groups is 1. The molecule has 0 amide bonds. The molecule has 7 nitrogen and oxygen atoms in total. The summed E-state index contributed by atoms with van der Waals surface area (Å²) in [6, 6.07) is 10.0. The lowest BCUT2D eigenvalue weighted by Gasteiger charge is -2.08. The van der Waals surface area contributed by atoms with E-state index >= 15 is 0 Å². The highest BCUT2D eigenvalue weighted by Gasteiger charge is 2.16. The van der Waals surface area contributed by atoms with Crippen molar-refractivity contribution in [2.24, 2.45) is 10.9 Å². The highest BCUT2D eigenvalue weighted by Crippen LogP contribution is 2.25. The molecule has 2 aromatic rings. The minimum Gasteiger partial charge on any atom is -0.497 e. The van der Waals surface area contributed by atoms with Gasteiger partial charge < -0.3 is 20.0 Å². The lowest BCUT2D eigenvalue weighted by atomic mass is 10.2. The molecule has 114 valence electrons. The van der Waals surface area contributed by atoms with Crippen LogP contribution in [0.15, 0.2) is 47.8 Å². The Morgan fingerprint density at radius 2 is 2.00 bits per heavy atom. The maximum absolute atomic E-state index is 12.0. The Balaban J connectivity index is 2.16. The Hall–Kier alpha value is -3.09. The molecule has 0 aliphatic heterocycles. The monoisotopic (exact) mass is 302 g/mol. The minimum atomic E-state index is -0.682. The van der Waals surface area contributed by atoms with Gasteiger partial charge in [-0.15, -0.1) is 0 Å². The molecule has 0 radical (unpaired) electrons. The number of oxime groups is 1. The van der Waals surface area contributed by atoms with Gasteiger partial charge in [-0.05, 0) is 18.2 Å². The fraction of sp³-hybridized carbons (Fsp3) is 0.133. The summed E-state index contributed by atoms with van der Waals surface area (Å²) >= 11 is 0. The number of carbonyl (C=O) groups excluding carboxylic acids is 1. The van der Waals surface area contributed by atoms with Gasteiger partial charge in [-0.3, -0.25) is 0 Å². The molecule has 0 spiro atoms. The molecule has 2 rings (SSSR count). The van der Waals surface area contributed by atoms with Crippen LogP contribution in [-0.2, 0) is 4.84 Å². The zero-order valence-electron chi connectivity index (χ0n) is 12.2. The number of methoxy groups -OCH3 is 2. The second-order valence-electron chi connectivity index (χ2n) is 4.20. The van der Waals surface area contributed by atoms with E-state index in [0.717, 1.165) is 0 Å². The van der Waals surface area contributed by atoms with E-state index < -0.39 is 5.97 Å². The van der Waals surface area contributed by atoms with E-state index in [-0.39, 0.29) is 11.4 Å². The van der Waals surface area contributed by atoms with Gasteiger partial charge in [0.15, 0.2) is 6.20 Å². The summed E-state index contributed by atoms with van der Waals surface area (Å²) < 4.78 is 10.2. The van der Waals surface area contributed by atoms with E-state index in [2.05, 4.69) is 10.1 Å². The summed E-state index contributed by atoms with van der Waals surface area (Å²) in [6.45, 7) is 0. The highest BCUT2D eigenvalue weighted by molar-refractivity contribution is 5.96. The molecule has 7 heteroatoms. The van der Waals surface area contributed by atoms with Crippen molar-refractivity contribution in [1.82, 2.24) is 0 Å². The number of nitrogens with one attached hydrogen (secondary N) is 1. The Morgan fingerprint density at radius 3 is 2.64 bits per heavy atom. The molecule has 0 saturated heterocycles. The van der Waals surface area contributed by atoms with Crippen molar-refractivity contribution in [3.63, 3.8) is 0 Å². The molecule has 0 saturated carbocycles. The van der Waals surface area contributed by atoms with Gasteiger partial charge >= 0.3 is 5.97 Å². The first-order valence-corrected chi connectivity index (χ1v) is 6.39. The lowest BCUT2D eigenvalue weighted by Crippen LogP contribution is -2.24. The maximum atomic E-state index is 12.0. The molecule has 3 N–H and O–H groups in total. The van der Waals surface area contributed by atoms with Crippen molar-refractivity contribution in [3.8, 4) is 11.5 Å². The first-order chi connectivity index (χ1) is 10.7. The molecule has 22 heavy (non-hydrogen) atoms. The van der Waals surface area contributed by atoms with Crippen LogP contribution in [0.1, 0.15) is 16.1 Å². The molecule has 0 atom stereocenters. The second-order valence-corrected chi connectivity index (χ2v) is 4.20. The third-order valence-corrected chi connectivity index (χ3v) is 2.84. The van der Waals surface area contributed by atoms with Crippen LogP contribution in [0.2, 0.25) is 0 Å². The number of hydrogen-bond acceptors (Lipinski definition) is 5. The van der Waals surface area contributed by atoms with Crippen LogP contribution in [0, 0.1) is 0 Å². The highest BCUT2D eigenvalue weighted by atomic mass is 16.7. The first kappa shape index (κ1) is 15.3. The summed E-state index contributed by atoms with van der Waals surface area (Å²) in [6.07, 6.45) is 1.69. The number of ether oxygens (including phenoxy) is 2. The third-order valence-electron chi connectivity index (χ3n) is 2.84. The number of pyridine rings is 1. The molecule has 1 aromatic carbocycles. The van der Waals surface area contributed by atoms with Crippen LogP contribution in [0.5, 0.6) is 11.5 Å². The molecule has 0 aliphatic rings. The Morgan fingerprint density at radius 1 is 1.18 bits per heavy atom. The van der Waals surface area contributed by atoms with Crippen molar-refractivity contribution >= 4 is 11.8 Å². The van der Waals surface area contributed by atoms with Crippen molar-refractivity contribution in [1.29, 1.82) is 0 Å². The SMILES string of the molecule is COc1ccc(C(=O)ON=C(N)c2cccc[nH+]2)c(OC)c1. The minimum absolute atomic E-state index is 0.0569. The van der Waals surface area contributed by atoms with Crippen molar-refractivity contribution in [2.75, 3.05) is 14.2 Å². The van der Waals surface area contributed by atoms with Crippen LogP contribution in [0.25, 0.3) is 0 Å². The van der Waals surface area contributed by atoms with Gasteiger partial charge in [-0.2, -0.15) is 0 Å². The molecule has 1 heterocycles. The van der Waals surface area contributed by atoms with Gasteiger partial charge in [-0.25, -0.2) is 9.78 Å². The lowest BCUT2D eigenvalue weighted by molar-refractivity contribution is -0.380. The fourth-order valence-corrected chi connectivity index (χ4v) is 1.71. The molecule has 0 fully saturated rings. The van der Waals surface area contributed by atoms with Gasteiger partial charge in [0.2, 0.25) is 11.5 Å². The van der Waals surface area contributed by atoms with E-state index in [4.69, 9.17) is 20.0 Å². The Kier molecular flexibility index (Phi) is 4.92. The van der Waals surface area contributed by atoms with Crippen molar-refractivity contribution in [2.45, 2.75) is 0 Å². The summed E-state index contributed by atoms with van der Waals surface area (Å²) in [5.41, 5.74) is 6.49. The van der Waals surface area contributed by atoms with Crippen LogP contribution in [0.3, 0.4) is 0 Å². The number of carbonyl (C=O) groups is 1. The quantitative estimate of drug-likeness (QED) is 0.384. The number of nitrogens with zero attached hydrogens (tertiary/aromatic N) is 1. The van der Waals surface area contributed by atoms with E-state index in [1.54, 1.807) is 36.5 Å². The van der Waals surface area contributed by atoms with Gasteiger partial charge in [0.1, 0.15) is 17.1 Å². The summed E-state index contributed by atoms with van der Waals surface area (Å²) in [7, 11) is 2.97. The van der Waals surface area contributed by atoms with E-state index in [9.17, 15) is 4.79 Å². The van der Waals surface area contributed by atoms with Crippen LogP contribution >= 0.6 is 0 Å². The summed E-state index contributed by atoms with van der Waals surface area (Å²) in [4.78, 5) is 19.8. The standard InChI is InChI=1S/C15H15N3O4/c1-20-10-6-7-11(13(9-10)21-2)15(19)22-18-14(16)12-5-3-4-8-17-12/h3-9H,1-2H3,(H2,16,18)/p+1. The van der Waals surface area contributed by atoms with Gasteiger partial charge in [0, 0.05) is 18.2 Å². The Bertz CT molecular complexity index is 686. The number of aromatic nitrogens is 1. The zero-order chi connectivity index (χ0) is 15.9. The molecular formula is C15H16N3O4+. The molecule has 0 aliphatic carbocycles. The Labute approximate surface area is 127 Å². The van der Waals surface area contributed by atoms with Gasteiger partial charge in [0.25, 0.3) is 0 Å². The van der Waals surface area contributed by atoms with Gasteiger partial charge in [0.05, 0.1) is 14.2 Å². The number of rotatable bonds is 5. The molecule has 0 unspecified atom stereocenters. The van der Waals surface area contributed by atoms with E-state index in [1.165, 1.54) is 20.3 Å². The maximum Gasteiger partial charge on any atom is 0.369 e.